The molecule has 0 saturated carbocycles. The smallest absolute Gasteiger partial charge is 0.0897 e. The van der Waals surface area contributed by atoms with Crippen LogP contribution in [0.2, 0.25) is 0 Å². The van der Waals surface area contributed by atoms with Gasteiger partial charge in [-0.05, 0) is 7.05 Å². The maximum Gasteiger partial charge on any atom is 0.0897 e. The molecule has 0 rings (SSSR count). The first-order valence-corrected chi connectivity index (χ1v) is 3.29. The zero-order valence-electron chi connectivity index (χ0n) is 6.19. The summed E-state index contributed by atoms with van der Waals surface area (Å²) in [6, 6.07) is 0. The van der Waals surface area contributed by atoms with E-state index in [0.717, 1.165) is 0 Å². The second kappa shape index (κ2) is 5.61. The molecule has 1 atom stereocenters. The van der Waals surface area contributed by atoms with Gasteiger partial charge < -0.3 is 20.2 Å². The first kappa shape index (κ1) is 9.84. The number of hydrogen-bond acceptors (Lipinski definition) is 4. The summed E-state index contributed by atoms with van der Waals surface area (Å²) in [5, 5.41) is 25.7. The van der Waals surface area contributed by atoms with Gasteiger partial charge in [-0.15, -0.1) is 0 Å². The highest BCUT2D eigenvalue weighted by atomic mass is 16.3. The lowest BCUT2D eigenvalue weighted by Crippen LogP contribution is -2.33. The Hall–Kier alpha value is -0.160. The minimum Gasteiger partial charge on any atom is -0.395 e. The van der Waals surface area contributed by atoms with Crippen molar-refractivity contribution >= 4 is 0 Å². The molecule has 0 aliphatic rings. The van der Waals surface area contributed by atoms with Crippen LogP contribution in [0, 0.1) is 0 Å². The molecule has 0 amide bonds. The van der Waals surface area contributed by atoms with Crippen molar-refractivity contribution in [2.45, 2.75) is 6.10 Å². The number of aliphatic hydroxyl groups excluding tert-OH is 3. The van der Waals surface area contributed by atoms with Crippen molar-refractivity contribution in [1.29, 1.82) is 0 Å². The lowest BCUT2D eigenvalue weighted by molar-refractivity contribution is 0.0620. The van der Waals surface area contributed by atoms with Crippen LogP contribution in [0.3, 0.4) is 0 Å². The molecule has 0 aromatic heterocycles. The van der Waals surface area contributed by atoms with Crippen LogP contribution in [0.15, 0.2) is 0 Å². The number of hydrogen-bond donors (Lipinski definition) is 3. The molecule has 10 heavy (non-hydrogen) atoms. The van der Waals surface area contributed by atoms with Crippen LogP contribution in [-0.4, -0.2) is 59.7 Å². The van der Waals surface area contributed by atoms with E-state index < -0.39 is 6.10 Å². The molecule has 0 aliphatic carbocycles. The average Bonchev–Trinajstić information content (AvgIpc) is 1.88. The SMILES string of the molecule is CN(CCO)CC(O)CO. The van der Waals surface area contributed by atoms with Crippen molar-refractivity contribution in [3.05, 3.63) is 0 Å². The molecule has 4 nitrogen and oxygen atoms in total. The van der Waals surface area contributed by atoms with E-state index in [1.165, 1.54) is 0 Å². The molecule has 0 saturated heterocycles. The van der Waals surface area contributed by atoms with E-state index in [-0.39, 0.29) is 13.2 Å². The Morgan fingerprint density at radius 2 is 2.00 bits per heavy atom. The molecule has 3 N–H and O–H groups in total. The molecule has 0 aromatic carbocycles. The Labute approximate surface area is 60.7 Å². The number of nitrogens with zero attached hydrogens (tertiary/aromatic N) is 1. The third-order valence-electron chi connectivity index (χ3n) is 1.21. The van der Waals surface area contributed by atoms with Crippen LogP contribution in [0.4, 0.5) is 0 Å². The lowest BCUT2D eigenvalue weighted by Gasteiger charge is -2.17. The molecule has 4 heteroatoms. The second-order valence-corrected chi connectivity index (χ2v) is 2.32. The number of likely N-dealkylation sites (N-methyl/N-ethyl adjacent to an activating group) is 1. The standard InChI is InChI=1S/C6H15NO3/c1-7(2-3-8)4-6(10)5-9/h6,8-10H,2-5H2,1H3. The van der Waals surface area contributed by atoms with E-state index in [1.807, 2.05) is 0 Å². The monoisotopic (exact) mass is 149 g/mol. The molecule has 0 heterocycles. The summed E-state index contributed by atoms with van der Waals surface area (Å²) in [4.78, 5) is 1.75. The van der Waals surface area contributed by atoms with Gasteiger partial charge in [0.25, 0.3) is 0 Å². The van der Waals surface area contributed by atoms with Gasteiger partial charge in [-0.1, -0.05) is 0 Å². The fourth-order valence-corrected chi connectivity index (χ4v) is 0.680. The van der Waals surface area contributed by atoms with Crippen LogP contribution in [0.25, 0.3) is 0 Å². The fourth-order valence-electron chi connectivity index (χ4n) is 0.680. The predicted octanol–water partition coefficient (Wildman–Crippen LogP) is -1.74. The van der Waals surface area contributed by atoms with Crippen molar-refractivity contribution < 1.29 is 15.3 Å². The van der Waals surface area contributed by atoms with Gasteiger partial charge in [-0.2, -0.15) is 0 Å². The van der Waals surface area contributed by atoms with Gasteiger partial charge in [0.2, 0.25) is 0 Å². The highest BCUT2D eigenvalue weighted by molar-refractivity contribution is 4.58. The summed E-state index contributed by atoms with van der Waals surface area (Å²) in [6.45, 7) is 0.776. The van der Waals surface area contributed by atoms with E-state index in [9.17, 15) is 0 Å². The minimum absolute atomic E-state index is 0.0780. The first-order chi connectivity index (χ1) is 4.70. The quantitative estimate of drug-likeness (QED) is 0.434. The van der Waals surface area contributed by atoms with Crippen LogP contribution < -0.4 is 0 Å². The number of aliphatic hydroxyl groups is 3. The topological polar surface area (TPSA) is 63.9 Å². The Balaban J connectivity index is 3.27. The van der Waals surface area contributed by atoms with Crippen LogP contribution in [0.5, 0.6) is 0 Å². The third kappa shape index (κ3) is 4.69. The third-order valence-corrected chi connectivity index (χ3v) is 1.21. The zero-order valence-corrected chi connectivity index (χ0v) is 6.19. The summed E-state index contributed by atoms with van der Waals surface area (Å²) in [5.74, 6) is 0. The summed E-state index contributed by atoms with van der Waals surface area (Å²) >= 11 is 0. The normalized spacial score (nSPS) is 14.1. The van der Waals surface area contributed by atoms with Crippen molar-refractivity contribution in [1.82, 2.24) is 4.90 Å². The predicted molar refractivity (Wildman–Crippen MR) is 37.7 cm³/mol. The van der Waals surface area contributed by atoms with Gasteiger partial charge in [0, 0.05) is 13.1 Å². The van der Waals surface area contributed by atoms with Gasteiger partial charge >= 0.3 is 0 Å². The fraction of sp³-hybridized carbons (Fsp3) is 1.00. The molecular formula is C6H15NO3. The van der Waals surface area contributed by atoms with Crippen molar-refractivity contribution in [3.8, 4) is 0 Å². The van der Waals surface area contributed by atoms with Gasteiger partial charge in [0.1, 0.15) is 0 Å². The summed E-state index contributed by atoms with van der Waals surface area (Å²) in [6.07, 6.45) is -0.698. The maximum atomic E-state index is 8.88. The van der Waals surface area contributed by atoms with Crippen LogP contribution in [0.1, 0.15) is 0 Å². The van der Waals surface area contributed by atoms with Crippen LogP contribution in [-0.2, 0) is 0 Å². The maximum absolute atomic E-state index is 8.88. The van der Waals surface area contributed by atoms with E-state index in [1.54, 1.807) is 11.9 Å². The first-order valence-electron chi connectivity index (χ1n) is 3.29. The highest BCUT2D eigenvalue weighted by Gasteiger charge is 2.04. The van der Waals surface area contributed by atoms with Gasteiger partial charge in [-0.25, -0.2) is 0 Å². The highest BCUT2D eigenvalue weighted by Crippen LogP contribution is 1.86. The molecule has 0 aliphatic heterocycles. The molecule has 0 spiro atoms. The molecule has 0 radical (unpaired) electrons. The molecule has 0 aromatic rings. The molecule has 62 valence electrons. The van der Waals surface area contributed by atoms with Crippen molar-refractivity contribution in [3.63, 3.8) is 0 Å². The van der Waals surface area contributed by atoms with Gasteiger partial charge in [0.15, 0.2) is 0 Å². The van der Waals surface area contributed by atoms with E-state index in [0.29, 0.717) is 13.1 Å². The molecular weight excluding hydrogens is 134 g/mol. The Kier molecular flexibility index (Phi) is 5.52. The number of rotatable bonds is 5. The van der Waals surface area contributed by atoms with E-state index in [4.69, 9.17) is 15.3 Å². The summed E-state index contributed by atoms with van der Waals surface area (Å²) < 4.78 is 0. The van der Waals surface area contributed by atoms with Crippen LogP contribution >= 0.6 is 0 Å². The Morgan fingerprint density at radius 1 is 1.40 bits per heavy atom. The summed E-state index contributed by atoms with van der Waals surface area (Å²) in [7, 11) is 1.77. The second-order valence-electron chi connectivity index (χ2n) is 2.32. The molecule has 0 fully saturated rings. The van der Waals surface area contributed by atoms with Gasteiger partial charge in [0.05, 0.1) is 19.3 Å². The van der Waals surface area contributed by atoms with Crippen molar-refractivity contribution in [2.24, 2.45) is 0 Å². The molecule has 0 bridgehead atoms. The van der Waals surface area contributed by atoms with Crippen molar-refractivity contribution in [2.75, 3.05) is 33.4 Å². The Bertz CT molecular complexity index is 79.4. The largest absolute Gasteiger partial charge is 0.395 e. The Morgan fingerprint density at radius 3 is 2.40 bits per heavy atom. The zero-order chi connectivity index (χ0) is 7.98. The average molecular weight is 149 g/mol. The minimum atomic E-state index is -0.698. The van der Waals surface area contributed by atoms with E-state index >= 15 is 0 Å². The summed E-state index contributed by atoms with van der Waals surface area (Å²) in [5.41, 5.74) is 0. The van der Waals surface area contributed by atoms with E-state index in [2.05, 4.69) is 0 Å². The lowest BCUT2D eigenvalue weighted by atomic mass is 10.3. The molecule has 1 unspecified atom stereocenters. The van der Waals surface area contributed by atoms with Gasteiger partial charge in [-0.3, -0.25) is 0 Å².